The molecular formula is C13H27ClN2O2S. The fraction of sp³-hybridized carbons (Fsp3) is 1.00. The summed E-state index contributed by atoms with van der Waals surface area (Å²) in [4.78, 5) is 2.42. The number of sulfonamides is 1. The van der Waals surface area contributed by atoms with Crippen LogP contribution in [0.2, 0.25) is 0 Å². The van der Waals surface area contributed by atoms with Gasteiger partial charge in [-0.3, -0.25) is 0 Å². The SMILES string of the molecule is CCN(CC)C1CCN(S(=O)(=O)CC(C)CCl)CC1. The summed E-state index contributed by atoms with van der Waals surface area (Å²) in [5.74, 6) is 0.592. The zero-order chi connectivity index (χ0) is 14.5. The molecule has 1 aliphatic rings. The van der Waals surface area contributed by atoms with E-state index in [0.29, 0.717) is 25.0 Å². The maximum absolute atomic E-state index is 12.2. The fourth-order valence-corrected chi connectivity index (χ4v) is 4.79. The summed E-state index contributed by atoms with van der Waals surface area (Å²) in [7, 11) is -3.13. The molecule has 19 heavy (non-hydrogen) atoms. The van der Waals surface area contributed by atoms with E-state index in [4.69, 9.17) is 11.6 Å². The van der Waals surface area contributed by atoms with Crippen LogP contribution >= 0.6 is 11.6 Å². The van der Waals surface area contributed by atoms with Crippen LogP contribution in [-0.4, -0.2) is 61.5 Å². The molecule has 0 amide bonds. The van der Waals surface area contributed by atoms with Gasteiger partial charge in [0.25, 0.3) is 0 Å². The Hall–Kier alpha value is 0.160. The van der Waals surface area contributed by atoms with Gasteiger partial charge >= 0.3 is 0 Å². The third-order valence-electron chi connectivity index (χ3n) is 3.90. The highest BCUT2D eigenvalue weighted by molar-refractivity contribution is 7.89. The summed E-state index contributed by atoms with van der Waals surface area (Å²) in [5, 5.41) is 0. The van der Waals surface area contributed by atoms with Crippen LogP contribution in [0.3, 0.4) is 0 Å². The van der Waals surface area contributed by atoms with Crippen molar-refractivity contribution in [3.8, 4) is 0 Å². The predicted molar refractivity (Wildman–Crippen MR) is 81.2 cm³/mol. The summed E-state index contributed by atoms with van der Waals surface area (Å²) >= 11 is 5.71. The Kier molecular flexibility index (Phi) is 7.08. The zero-order valence-electron chi connectivity index (χ0n) is 12.3. The van der Waals surface area contributed by atoms with Gasteiger partial charge in [0.2, 0.25) is 10.0 Å². The van der Waals surface area contributed by atoms with Gasteiger partial charge < -0.3 is 4.90 Å². The smallest absolute Gasteiger partial charge is 0.214 e. The van der Waals surface area contributed by atoms with Gasteiger partial charge in [0, 0.05) is 25.0 Å². The fourth-order valence-electron chi connectivity index (χ4n) is 2.73. The van der Waals surface area contributed by atoms with E-state index in [1.807, 2.05) is 6.92 Å². The second-order valence-electron chi connectivity index (χ2n) is 5.39. The quantitative estimate of drug-likeness (QED) is 0.675. The van der Waals surface area contributed by atoms with E-state index < -0.39 is 10.0 Å². The Balaban J connectivity index is 2.53. The lowest BCUT2D eigenvalue weighted by Gasteiger charge is -2.37. The summed E-state index contributed by atoms with van der Waals surface area (Å²) in [5.41, 5.74) is 0. The molecule has 6 heteroatoms. The standard InChI is InChI=1S/C13H27ClN2O2S/c1-4-15(5-2)13-6-8-16(9-7-13)19(17,18)11-12(3)10-14/h12-13H,4-11H2,1-3H3. The van der Waals surface area contributed by atoms with E-state index in [9.17, 15) is 8.42 Å². The first-order valence-electron chi connectivity index (χ1n) is 7.22. The van der Waals surface area contributed by atoms with Crippen molar-refractivity contribution in [1.29, 1.82) is 0 Å². The van der Waals surface area contributed by atoms with E-state index >= 15 is 0 Å². The first kappa shape index (κ1) is 17.2. The van der Waals surface area contributed by atoms with Crippen molar-refractivity contribution in [3.05, 3.63) is 0 Å². The van der Waals surface area contributed by atoms with E-state index in [1.165, 1.54) is 0 Å². The van der Waals surface area contributed by atoms with Gasteiger partial charge in [0.1, 0.15) is 0 Å². The Bertz CT molecular complexity index is 350. The molecule has 1 rings (SSSR count). The zero-order valence-corrected chi connectivity index (χ0v) is 13.9. The molecule has 0 saturated carbocycles. The molecule has 0 radical (unpaired) electrons. The van der Waals surface area contributed by atoms with Gasteiger partial charge in [0.05, 0.1) is 5.75 Å². The van der Waals surface area contributed by atoms with Crippen LogP contribution in [0.4, 0.5) is 0 Å². The van der Waals surface area contributed by atoms with Gasteiger partial charge in [-0.15, -0.1) is 11.6 Å². The summed E-state index contributed by atoms with van der Waals surface area (Å²) in [6.07, 6.45) is 1.88. The van der Waals surface area contributed by atoms with Crippen LogP contribution in [0.5, 0.6) is 0 Å². The Morgan fingerprint density at radius 2 is 1.79 bits per heavy atom. The van der Waals surface area contributed by atoms with Crippen molar-refractivity contribution in [2.45, 2.75) is 39.7 Å². The van der Waals surface area contributed by atoms with Crippen molar-refractivity contribution in [2.24, 2.45) is 5.92 Å². The van der Waals surface area contributed by atoms with Crippen molar-refractivity contribution < 1.29 is 8.42 Å². The molecule has 0 bridgehead atoms. The van der Waals surface area contributed by atoms with Crippen molar-refractivity contribution in [2.75, 3.05) is 37.8 Å². The Labute approximate surface area is 123 Å². The minimum Gasteiger partial charge on any atom is -0.301 e. The Morgan fingerprint density at radius 1 is 1.26 bits per heavy atom. The lowest BCUT2D eigenvalue weighted by atomic mass is 10.1. The number of halogens is 1. The second kappa shape index (κ2) is 7.81. The monoisotopic (exact) mass is 310 g/mol. The minimum atomic E-state index is -3.13. The molecule has 4 nitrogen and oxygen atoms in total. The van der Waals surface area contributed by atoms with E-state index in [-0.39, 0.29) is 11.7 Å². The highest BCUT2D eigenvalue weighted by Gasteiger charge is 2.30. The largest absolute Gasteiger partial charge is 0.301 e. The molecule has 0 aromatic carbocycles. The molecular weight excluding hydrogens is 284 g/mol. The van der Waals surface area contributed by atoms with Gasteiger partial charge in [-0.1, -0.05) is 20.8 Å². The third-order valence-corrected chi connectivity index (χ3v) is 6.57. The molecule has 1 unspecified atom stereocenters. The van der Waals surface area contributed by atoms with Crippen molar-refractivity contribution in [1.82, 2.24) is 9.21 Å². The van der Waals surface area contributed by atoms with Crippen LogP contribution in [0.15, 0.2) is 0 Å². The summed E-state index contributed by atoms with van der Waals surface area (Å²) in [6, 6.07) is 0.534. The van der Waals surface area contributed by atoms with Crippen LogP contribution in [0.1, 0.15) is 33.6 Å². The Morgan fingerprint density at radius 3 is 2.21 bits per heavy atom. The average molecular weight is 311 g/mol. The van der Waals surface area contributed by atoms with E-state index in [2.05, 4.69) is 18.7 Å². The van der Waals surface area contributed by atoms with Crippen molar-refractivity contribution >= 4 is 21.6 Å². The summed E-state index contributed by atoms with van der Waals surface area (Å²) in [6.45, 7) is 9.59. The predicted octanol–water partition coefficient (Wildman–Crippen LogP) is 2.00. The molecule has 114 valence electrons. The number of rotatable bonds is 7. The number of hydrogen-bond donors (Lipinski definition) is 0. The highest BCUT2D eigenvalue weighted by atomic mass is 35.5. The van der Waals surface area contributed by atoms with Crippen LogP contribution in [0.25, 0.3) is 0 Å². The maximum atomic E-state index is 12.2. The average Bonchev–Trinajstić information content (AvgIpc) is 2.40. The number of hydrogen-bond acceptors (Lipinski definition) is 3. The van der Waals surface area contributed by atoms with Crippen LogP contribution < -0.4 is 0 Å². The molecule has 1 fully saturated rings. The number of alkyl halides is 1. The number of piperidine rings is 1. The van der Waals surface area contributed by atoms with E-state index in [1.54, 1.807) is 4.31 Å². The first-order chi connectivity index (χ1) is 8.94. The summed E-state index contributed by atoms with van der Waals surface area (Å²) < 4.78 is 26.1. The first-order valence-corrected chi connectivity index (χ1v) is 9.36. The molecule has 0 aliphatic carbocycles. The van der Waals surface area contributed by atoms with E-state index in [0.717, 1.165) is 25.9 Å². The van der Waals surface area contributed by atoms with Crippen LogP contribution in [-0.2, 0) is 10.0 Å². The topological polar surface area (TPSA) is 40.6 Å². The minimum absolute atomic E-state index is 0.0205. The lowest BCUT2D eigenvalue weighted by Crippen LogP contribution is -2.47. The van der Waals surface area contributed by atoms with Crippen LogP contribution in [0, 0.1) is 5.92 Å². The third kappa shape index (κ3) is 4.88. The van der Waals surface area contributed by atoms with Crippen molar-refractivity contribution in [3.63, 3.8) is 0 Å². The highest BCUT2D eigenvalue weighted by Crippen LogP contribution is 2.20. The normalized spacial score (nSPS) is 20.9. The molecule has 0 spiro atoms. The molecule has 1 saturated heterocycles. The molecule has 1 atom stereocenters. The second-order valence-corrected chi connectivity index (χ2v) is 7.71. The van der Waals surface area contributed by atoms with Gasteiger partial charge in [0.15, 0.2) is 0 Å². The number of nitrogens with zero attached hydrogens (tertiary/aromatic N) is 2. The maximum Gasteiger partial charge on any atom is 0.214 e. The molecule has 0 N–H and O–H groups in total. The van der Waals surface area contributed by atoms with Gasteiger partial charge in [-0.25, -0.2) is 12.7 Å². The van der Waals surface area contributed by atoms with Gasteiger partial charge in [-0.2, -0.15) is 0 Å². The van der Waals surface area contributed by atoms with Gasteiger partial charge in [-0.05, 0) is 31.8 Å². The lowest BCUT2D eigenvalue weighted by molar-refractivity contribution is 0.152. The molecule has 1 heterocycles. The molecule has 0 aromatic heterocycles. The molecule has 1 aliphatic heterocycles. The molecule has 0 aromatic rings.